The Morgan fingerprint density at radius 3 is 2.70 bits per heavy atom. The molecule has 30 heavy (non-hydrogen) atoms. The predicted octanol–water partition coefficient (Wildman–Crippen LogP) is 3.87. The van der Waals surface area contributed by atoms with Gasteiger partial charge in [-0.2, -0.15) is 0 Å². The Morgan fingerprint density at radius 2 is 1.97 bits per heavy atom. The van der Waals surface area contributed by atoms with Gasteiger partial charge >= 0.3 is 0 Å². The molecule has 6 nitrogen and oxygen atoms in total. The Hall–Kier alpha value is -2.44. The SMILES string of the molecule is COc1ccc(OC)c(-c2cc(Cl)c3c(c2)C[C@H](CNC(=O)C2CCOCC2)O3)c1. The molecule has 2 aromatic carbocycles. The first-order chi connectivity index (χ1) is 14.6. The Kier molecular flexibility index (Phi) is 6.35. The third-order valence-corrected chi connectivity index (χ3v) is 5.95. The zero-order valence-electron chi connectivity index (χ0n) is 17.2. The van der Waals surface area contributed by atoms with E-state index in [-0.39, 0.29) is 17.9 Å². The second kappa shape index (κ2) is 9.14. The first-order valence-corrected chi connectivity index (χ1v) is 10.5. The summed E-state index contributed by atoms with van der Waals surface area (Å²) in [5.74, 6) is 2.27. The van der Waals surface area contributed by atoms with Crippen LogP contribution in [0.5, 0.6) is 17.2 Å². The third kappa shape index (κ3) is 4.35. The molecule has 1 amide bonds. The average molecular weight is 432 g/mol. The van der Waals surface area contributed by atoms with E-state index in [4.69, 9.17) is 30.5 Å². The van der Waals surface area contributed by atoms with Crippen LogP contribution in [0.4, 0.5) is 0 Å². The van der Waals surface area contributed by atoms with Gasteiger partial charge in [-0.25, -0.2) is 0 Å². The van der Waals surface area contributed by atoms with Crippen LogP contribution in [0.2, 0.25) is 5.02 Å². The molecular weight excluding hydrogens is 406 g/mol. The van der Waals surface area contributed by atoms with Crippen molar-refractivity contribution in [3.63, 3.8) is 0 Å². The second-order valence-corrected chi connectivity index (χ2v) is 8.00. The first kappa shape index (κ1) is 20.8. The van der Waals surface area contributed by atoms with Crippen molar-refractivity contribution >= 4 is 17.5 Å². The van der Waals surface area contributed by atoms with Crippen molar-refractivity contribution < 1.29 is 23.7 Å². The van der Waals surface area contributed by atoms with Crippen LogP contribution >= 0.6 is 11.6 Å². The van der Waals surface area contributed by atoms with Crippen LogP contribution in [0.1, 0.15) is 18.4 Å². The molecule has 0 aliphatic carbocycles. The van der Waals surface area contributed by atoms with E-state index in [9.17, 15) is 4.79 Å². The molecule has 2 heterocycles. The summed E-state index contributed by atoms with van der Waals surface area (Å²) in [7, 11) is 3.27. The number of carbonyl (C=O) groups is 1. The van der Waals surface area contributed by atoms with Crippen molar-refractivity contribution in [2.45, 2.75) is 25.4 Å². The van der Waals surface area contributed by atoms with Crippen molar-refractivity contribution in [3.05, 3.63) is 40.9 Å². The fourth-order valence-corrected chi connectivity index (χ4v) is 4.30. The highest BCUT2D eigenvalue weighted by Crippen LogP contribution is 2.42. The Morgan fingerprint density at radius 1 is 1.17 bits per heavy atom. The molecule has 1 atom stereocenters. The molecule has 2 aromatic rings. The molecule has 1 fully saturated rings. The Bertz CT molecular complexity index is 926. The molecule has 7 heteroatoms. The summed E-state index contributed by atoms with van der Waals surface area (Å²) in [6.45, 7) is 1.75. The average Bonchev–Trinajstić information content (AvgIpc) is 3.21. The minimum Gasteiger partial charge on any atom is -0.497 e. The van der Waals surface area contributed by atoms with Crippen LogP contribution in [0.25, 0.3) is 11.1 Å². The molecular formula is C23H26ClNO5. The molecule has 160 valence electrons. The van der Waals surface area contributed by atoms with E-state index in [0.29, 0.717) is 37.0 Å². The smallest absolute Gasteiger partial charge is 0.223 e. The number of nitrogens with one attached hydrogen (secondary N) is 1. The number of ether oxygens (including phenoxy) is 4. The number of halogens is 1. The van der Waals surface area contributed by atoms with Gasteiger partial charge in [0.1, 0.15) is 23.4 Å². The number of fused-ring (bicyclic) bond motifs is 1. The van der Waals surface area contributed by atoms with Gasteiger partial charge in [0.2, 0.25) is 5.91 Å². The molecule has 0 spiro atoms. The number of hydrogen-bond donors (Lipinski definition) is 1. The number of hydrogen-bond acceptors (Lipinski definition) is 5. The number of methoxy groups -OCH3 is 2. The standard InChI is InChI=1S/C23H26ClNO5/c1-27-17-3-4-21(28-2)19(12-17)15-9-16-10-18(30-22(16)20(24)11-15)13-25-23(26)14-5-7-29-8-6-14/h3-4,9,11-12,14,18H,5-8,10,13H2,1-2H3,(H,25,26)/t18-/m1/s1. The van der Waals surface area contributed by atoms with E-state index in [1.807, 2.05) is 24.3 Å². The maximum atomic E-state index is 12.4. The van der Waals surface area contributed by atoms with E-state index in [0.717, 1.165) is 41.0 Å². The molecule has 1 N–H and O–H groups in total. The van der Waals surface area contributed by atoms with Crippen molar-refractivity contribution in [1.82, 2.24) is 5.32 Å². The first-order valence-electron chi connectivity index (χ1n) is 10.2. The van der Waals surface area contributed by atoms with E-state index in [1.165, 1.54) is 0 Å². The molecule has 2 aliphatic rings. The van der Waals surface area contributed by atoms with Gasteiger partial charge in [-0.05, 0) is 48.7 Å². The highest BCUT2D eigenvalue weighted by atomic mass is 35.5. The quantitative estimate of drug-likeness (QED) is 0.752. The molecule has 4 rings (SSSR count). The van der Waals surface area contributed by atoms with Gasteiger partial charge in [0.05, 0.1) is 25.8 Å². The van der Waals surface area contributed by atoms with E-state index < -0.39 is 0 Å². The largest absolute Gasteiger partial charge is 0.497 e. The zero-order chi connectivity index (χ0) is 21.1. The summed E-state index contributed by atoms with van der Waals surface area (Å²) in [6, 6.07) is 9.61. The van der Waals surface area contributed by atoms with Crippen LogP contribution in [0.3, 0.4) is 0 Å². The molecule has 1 saturated heterocycles. The van der Waals surface area contributed by atoms with Crippen LogP contribution in [0, 0.1) is 5.92 Å². The predicted molar refractivity (Wildman–Crippen MR) is 115 cm³/mol. The topological polar surface area (TPSA) is 66.0 Å². The van der Waals surface area contributed by atoms with Gasteiger partial charge in [-0.3, -0.25) is 4.79 Å². The maximum absolute atomic E-state index is 12.4. The van der Waals surface area contributed by atoms with Gasteiger partial charge in [0, 0.05) is 36.7 Å². The molecule has 0 unspecified atom stereocenters. The van der Waals surface area contributed by atoms with Gasteiger partial charge in [-0.15, -0.1) is 0 Å². The van der Waals surface area contributed by atoms with Crippen LogP contribution in [-0.2, 0) is 16.0 Å². The number of rotatable bonds is 6. The summed E-state index contributed by atoms with van der Waals surface area (Å²) in [4.78, 5) is 12.4. The van der Waals surface area contributed by atoms with Crippen LogP contribution < -0.4 is 19.5 Å². The highest BCUT2D eigenvalue weighted by Gasteiger charge is 2.28. The Balaban J connectivity index is 1.48. The lowest BCUT2D eigenvalue weighted by Crippen LogP contribution is -2.39. The molecule has 0 radical (unpaired) electrons. The number of benzene rings is 2. The minimum atomic E-state index is -0.135. The van der Waals surface area contributed by atoms with Crippen molar-refractivity contribution in [1.29, 1.82) is 0 Å². The normalized spacial score (nSPS) is 18.4. The number of carbonyl (C=O) groups excluding carboxylic acids is 1. The molecule has 0 bridgehead atoms. The van der Waals surface area contributed by atoms with Gasteiger partial charge in [0.15, 0.2) is 0 Å². The lowest BCUT2D eigenvalue weighted by Gasteiger charge is -2.22. The molecule has 2 aliphatic heterocycles. The lowest BCUT2D eigenvalue weighted by molar-refractivity contribution is -0.128. The Labute approximate surface area is 181 Å². The fraction of sp³-hybridized carbons (Fsp3) is 0.435. The minimum absolute atomic E-state index is 0.0262. The van der Waals surface area contributed by atoms with Crippen molar-refractivity contribution in [2.75, 3.05) is 34.0 Å². The summed E-state index contributed by atoms with van der Waals surface area (Å²) in [5, 5.41) is 3.58. The van der Waals surface area contributed by atoms with Gasteiger partial charge in [-0.1, -0.05) is 11.6 Å². The third-order valence-electron chi connectivity index (χ3n) is 5.67. The monoisotopic (exact) mass is 431 g/mol. The van der Waals surface area contributed by atoms with E-state index in [1.54, 1.807) is 14.2 Å². The molecule has 0 saturated carbocycles. The van der Waals surface area contributed by atoms with Gasteiger partial charge in [0.25, 0.3) is 0 Å². The van der Waals surface area contributed by atoms with Crippen molar-refractivity contribution in [2.24, 2.45) is 5.92 Å². The highest BCUT2D eigenvalue weighted by molar-refractivity contribution is 6.32. The lowest BCUT2D eigenvalue weighted by atomic mass is 9.99. The van der Waals surface area contributed by atoms with Crippen LogP contribution in [0.15, 0.2) is 30.3 Å². The summed E-state index contributed by atoms with van der Waals surface area (Å²) in [5.41, 5.74) is 2.86. The maximum Gasteiger partial charge on any atom is 0.223 e. The fourth-order valence-electron chi connectivity index (χ4n) is 4.02. The summed E-state index contributed by atoms with van der Waals surface area (Å²) < 4.78 is 22.2. The van der Waals surface area contributed by atoms with Crippen molar-refractivity contribution in [3.8, 4) is 28.4 Å². The van der Waals surface area contributed by atoms with Gasteiger partial charge < -0.3 is 24.3 Å². The number of amides is 1. The van der Waals surface area contributed by atoms with E-state index in [2.05, 4.69) is 11.4 Å². The second-order valence-electron chi connectivity index (χ2n) is 7.59. The molecule has 0 aromatic heterocycles. The van der Waals surface area contributed by atoms with Crippen LogP contribution in [-0.4, -0.2) is 46.0 Å². The zero-order valence-corrected chi connectivity index (χ0v) is 18.0. The summed E-state index contributed by atoms with van der Waals surface area (Å²) in [6.07, 6.45) is 2.09. The van der Waals surface area contributed by atoms with E-state index >= 15 is 0 Å². The summed E-state index contributed by atoms with van der Waals surface area (Å²) >= 11 is 6.55.